The maximum absolute atomic E-state index is 14.7. The molecule has 3 aromatic heterocycles. The number of oxazole rings is 1. The van der Waals surface area contributed by atoms with Crippen molar-refractivity contribution < 1.29 is 44.6 Å². The summed E-state index contributed by atoms with van der Waals surface area (Å²) in [6.45, 7) is -0.411. The molecule has 4 rings (SSSR count). The molecule has 0 bridgehead atoms. The number of nitrogens with one attached hydrogen (secondary N) is 1. The minimum absolute atomic E-state index is 0.00208. The van der Waals surface area contributed by atoms with Crippen LogP contribution in [0, 0.1) is 5.82 Å². The molecular weight excluding hydrogens is 557 g/mol. The van der Waals surface area contributed by atoms with Crippen LogP contribution in [0.3, 0.4) is 0 Å². The maximum atomic E-state index is 14.7. The number of alkyl halides is 6. The molecule has 0 spiro atoms. The van der Waals surface area contributed by atoms with Gasteiger partial charge in [0.2, 0.25) is 11.8 Å². The Balaban J connectivity index is 1.55. The van der Waals surface area contributed by atoms with Crippen LogP contribution in [0.2, 0.25) is 0 Å². The third-order valence-electron chi connectivity index (χ3n) is 4.84. The number of benzene rings is 1. The number of nitrogens with zero attached hydrogens (tertiary/aromatic N) is 3. The lowest BCUT2D eigenvalue weighted by molar-refractivity contribution is -0.137. The molecule has 1 aromatic carbocycles. The average Bonchev–Trinajstić information content (AvgIpc) is 3.40. The van der Waals surface area contributed by atoms with Crippen LogP contribution in [0.4, 0.5) is 36.4 Å². The topological polar surface area (TPSA) is 82.3 Å². The number of rotatable bonds is 10. The van der Waals surface area contributed by atoms with E-state index in [1.807, 2.05) is 0 Å². The molecule has 4 aromatic rings. The summed E-state index contributed by atoms with van der Waals surface area (Å²) < 4.78 is 110. The van der Waals surface area contributed by atoms with Crippen molar-refractivity contribution in [2.75, 3.05) is 10.5 Å². The molecule has 7 nitrogen and oxygen atoms in total. The van der Waals surface area contributed by atoms with Gasteiger partial charge in [-0.15, -0.1) is 0 Å². The van der Waals surface area contributed by atoms with Gasteiger partial charge in [0.25, 0.3) is 0 Å². The van der Waals surface area contributed by atoms with Crippen molar-refractivity contribution in [1.29, 1.82) is 0 Å². The van der Waals surface area contributed by atoms with Gasteiger partial charge >= 0.3 is 12.4 Å². The number of ether oxygens (including phenoxy) is 2. The van der Waals surface area contributed by atoms with Crippen molar-refractivity contribution in [3.63, 3.8) is 0 Å². The van der Waals surface area contributed by atoms with Crippen molar-refractivity contribution in [2.45, 2.75) is 25.6 Å². The molecule has 0 saturated heterocycles. The summed E-state index contributed by atoms with van der Waals surface area (Å²) in [5, 5.41) is 0. The van der Waals surface area contributed by atoms with Crippen molar-refractivity contribution in [3.8, 4) is 23.0 Å². The minimum atomic E-state index is -4.53. The second-order valence-corrected chi connectivity index (χ2v) is 8.59. The fourth-order valence-corrected chi connectivity index (χ4v) is 3.66. The quantitative estimate of drug-likeness (QED) is 0.159. The van der Waals surface area contributed by atoms with Gasteiger partial charge in [0.1, 0.15) is 36.2 Å². The zero-order valence-electron chi connectivity index (χ0n) is 19.5. The molecule has 3 heterocycles. The monoisotopic (exact) mass is 574 g/mol. The van der Waals surface area contributed by atoms with Gasteiger partial charge < -0.3 is 18.6 Å². The van der Waals surface area contributed by atoms with E-state index in [2.05, 4.69) is 19.7 Å². The highest BCUT2D eigenvalue weighted by Gasteiger charge is 2.30. The van der Waals surface area contributed by atoms with Crippen LogP contribution < -0.4 is 14.2 Å². The summed E-state index contributed by atoms with van der Waals surface area (Å²) in [4.78, 5) is 11.9. The van der Waals surface area contributed by atoms with Crippen LogP contribution in [0.15, 0.2) is 65.7 Å². The van der Waals surface area contributed by atoms with Gasteiger partial charge in [0, 0.05) is 17.8 Å². The van der Waals surface area contributed by atoms with Gasteiger partial charge in [0.05, 0.1) is 11.8 Å². The van der Waals surface area contributed by atoms with Crippen LogP contribution in [0.25, 0.3) is 11.3 Å². The Kier molecular flexibility index (Phi) is 8.47. The molecule has 0 aliphatic rings. The Labute approximate surface area is 220 Å². The van der Waals surface area contributed by atoms with E-state index in [0.29, 0.717) is 17.7 Å². The lowest BCUT2D eigenvalue weighted by Gasteiger charge is -2.14. The molecule has 0 saturated carbocycles. The summed E-state index contributed by atoms with van der Waals surface area (Å²) in [6, 6.07) is 8.00. The van der Waals surface area contributed by atoms with E-state index >= 15 is 0 Å². The van der Waals surface area contributed by atoms with E-state index in [1.54, 1.807) is 0 Å². The van der Waals surface area contributed by atoms with Gasteiger partial charge in [0.15, 0.2) is 12.2 Å². The molecule has 0 aliphatic carbocycles. The Hall–Kier alpha value is -4.01. The molecule has 0 unspecified atom stereocenters. The first-order valence-corrected chi connectivity index (χ1v) is 11.9. The predicted molar refractivity (Wildman–Crippen MR) is 126 cm³/mol. The van der Waals surface area contributed by atoms with Gasteiger partial charge in [-0.25, -0.2) is 19.3 Å². The molecular formula is C24H17F7N4O3S. The van der Waals surface area contributed by atoms with Crippen LogP contribution in [0.5, 0.6) is 11.8 Å². The number of aromatic nitrogens is 3. The number of hydrogen-bond donors (Lipinski definition) is 1. The summed E-state index contributed by atoms with van der Waals surface area (Å²) in [5.74, 6) is -1.90. The number of halogens is 7. The molecule has 15 heteroatoms. The lowest BCUT2D eigenvalue weighted by Crippen LogP contribution is -2.12. The van der Waals surface area contributed by atoms with Gasteiger partial charge in [-0.1, -0.05) is 12.1 Å². The normalized spacial score (nSPS) is 11.9. The maximum Gasteiger partial charge on any atom is 0.416 e. The highest BCUT2D eigenvalue weighted by atomic mass is 32.2. The van der Waals surface area contributed by atoms with E-state index in [4.69, 9.17) is 13.9 Å². The lowest BCUT2D eigenvalue weighted by atomic mass is 10.1. The van der Waals surface area contributed by atoms with Crippen LogP contribution >= 0.6 is 11.9 Å². The third kappa shape index (κ3) is 7.99. The fourth-order valence-electron chi connectivity index (χ4n) is 3.12. The van der Waals surface area contributed by atoms with Gasteiger partial charge in [-0.3, -0.25) is 0 Å². The minimum Gasteiger partial charge on any atom is -0.473 e. The highest BCUT2D eigenvalue weighted by molar-refractivity contribution is 8.00. The molecule has 1 N–H and O–H groups in total. The van der Waals surface area contributed by atoms with Crippen LogP contribution in [-0.2, 0) is 19.4 Å². The second kappa shape index (κ2) is 11.8. The van der Waals surface area contributed by atoms with Crippen LogP contribution in [-0.4, -0.2) is 26.9 Å². The molecule has 0 atom stereocenters. The van der Waals surface area contributed by atoms with Crippen molar-refractivity contribution in [3.05, 3.63) is 84.0 Å². The van der Waals surface area contributed by atoms with E-state index in [-0.39, 0.29) is 47.5 Å². The van der Waals surface area contributed by atoms with Crippen LogP contribution in [0.1, 0.15) is 16.9 Å². The molecule has 0 amide bonds. The first-order chi connectivity index (χ1) is 18.5. The second-order valence-electron chi connectivity index (χ2n) is 7.81. The van der Waals surface area contributed by atoms with Gasteiger partial charge in [-0.05, 0) is 41.8 Å². The van der Waals surface area contributed by atoms with E-state index in [0.717, 1.165) is 18.2 Å². The molecule has 0 radical (unpaired) electrons. The van der Waals surface area contributed by atoms with E-state index < -0.39 is 29.5 Å². The molecule has 0 aliphatic heterocycles. The van der Waals surface area contributed by atoms with Crippen molar-refractivity contribution >= 4 is 17.6 Å². The Bertz CT molecular complexity index is 1400. The SMILES string of the molecule is Fc1ccc(OCc2cccc(C(F)(F)F)c2)nc1-c1cnc(OCc2cnco2)c(NSCC(F)(F)F)c1. The molecule has 0 fully saturated rings. The predicted octanol–water partition coefficient (Wildman–Crippen LogP) is 7.07. The Morgan fingerprint density at radius 1 is 0.949 bits per heavy atom. The zero-order valence-corrected chi connectivity index (χ0v) is 20.3. The standard InChI is InChI=1S/C24H17F7N4O3S/c25-18-4-5-20(36-10-14-2-1-3-16(6-14)24(29,30)31)34-21(18)15-7-19(35-39-12-23(26,27)28)22(33-8-15)37-11-17-9-32-13-38-17/h1-9,13,35H,10-12H2. The summed E-state index contributed by atoms with van der Waals surface area (Å²) in [7, 11) is 0. The Morgan fingerprint density at radius 2 is 1.77 bits per heavy atom. The Morgan fingerprint density at radius 3 is 2.49 bits per heavy atom. The number of hydrogen-bond acceptors (Lipinski definition) is 8. The largest absolute Gasteiger partial charge is 0.473 e. The van der Waals surface area contributed by atoms with Crippen molar-refractivity contribution in [2.24, 2.45) is 0 Å². The van der Waals surface area contributed by atoms with E-state index in [9.17, 15) is 30.7 Å². The van der Waals surface area contributed by atoms with Gasteiger partial charge in [-0.2, -0.15) is 26.3 Å². The third-order valence-corrected chi connectivity index (χ3v) is 5.67. The summed E-state index contributed by atoms with van der Waals surface area (Å²) in [6.07, 6.45) is -5.24. The summed E-state index contributed by atoms with van der Waals surface area (Å²) >= 11 is 0.321. The molecule has 206 valence electrons. The first kappa shape index (κ1) is 28.0. The smallest absolute Gasteiger partial charge is 0.416 e. The molecule has 39 heavy (non-hydrogen) atoms. The number of pyridine rings is 2. The summed E-state index contributed by atoms with van der Waals surface area (Å²) in [5.41, 5.74) is -0.830. The average molecular weight is 574 g/mol. The van der Waals surface area contributed by atoms with Crippen molar-refractivity contribution in [1.82, 2.24) is 15.0 Å². The first-order valence-electron chi connectivity index (χ1n) is 10.9. The zero-order chi connectivity index (χ0) is 28.0. The highest BCUT2D eigenvalue weighted by Crippen LogP contribution is 2.33. The fraction of sp³-hybridized carbons (Fsp3) is 0.208. The number of anilines is 1. The van der Waals surface area contributed by atoms with E-state index in [1.165, 1.54) is 43.1 Å².